The van der Waals surface area contributed by atoms with Crippen molar-refractivity contribution in [2.45, 2.75) is 45.3 Å². The minimum atomic E-state index is -2.72. The zero-order valence-electron chi connectivity index (χ0n) is 19.6. The van der Waals surface area contributed by atoms with Gasteiger partial charge in [-0.25, -0.2) is 13.2 Å². The number of nitrogens with one attached hydrogen (secondary N) is 2. The predicted molar refractivity (Wildman–Crippen MR) is 122 cm³/mol. The smallest absolute Gasteiger partial charge is 0.273 e. The summed E-state index contributed by atoms with van der Waals surface area (Å²) in [6.07, 6.45) is 4.52. The van der Waals surface area contributed by atoms with Gasteiger partial charge in [0.1, 0.15) is 5.82 Å². The van der Waals surface area contributed by atoms with Gasteiger partial charge in [0.15, 0.2) is 11.5 Å². The normalized spacial score (nSPS) is 14.9. The molecule has 14 heteroatoms. The quantitative estimate of drug-likeness (QED) is 0.380. The lowest BCUT2D eigenvalue weighted by Crippen LogP contribution is -2.57. The van der Waals surface area contributed by atoms with E-state index in [0.29, 0.717) is 31.5 Å². The minimum Gasteiger partial charge on any atom is -0.346 e. The molecule has 192 valence electrons. The van der Waals surface area contributed by atoms with Gasteiger partial charge in [0.2, 0.25) is 5.91 Å². The van der Waals surface area contributed by atoms with Gasteiger partial charge >= 0.3 is 0 Å². The number of carbonyl (C=O) groups excluding carboxylic acids is 2. The number of unbranched alkanes of at least 4 members (excludes halogenated alkanes) is 1. The molecule has 0 bridgehead atoms. The summed E-state index contributed by atoms with van der Waals surface area (Å²) < 4.78 is 42.6. The Morgan fingerprint density at radius 3 is 2.47 bits per heavy atom. The number of hydrogen-bond donors (Lipinski definition) is 2. The summed E-state index contributed by atoms with van der Waals surface area (Å²) in [5, 5.41) is 20.8. The number of carbonyl (C=O) groups is 2. The van der Waals surface area contributed by atoms with Crippen LogP contribution in [0.5, 0.6) is 0 Å². The number of likely N-dealkylation sites (tertiary alicyclic amines) is 1. The first kappa shape index (κ1) is 25.3. The van der Waals surface area contributed by atoms with Crippen molar-refractivity contribution in [1.29, 1.82) is 0 Å². The van der Waals surface area contributed by atoms with Crippen molar-refractivity contribution >= 4 is 17.6 Å². The lowest BCUT2D eigenvalue weighted by atomic mass is 10.1. The van der Waals surface area contributed by atoms with Gasteiger partial charge in [-0.15, -0.1) is 10.2 Å². The van der Waals surface area contributed by atoms with Crippen molar-refractivity contribution in [3.05, 3.63) is 53.2 Å². The molecule has 1 aliphatic heterocycles. The van der Waals surface area contributed by atoms with Gasteiger partial charge in [0.05, 0.1) is 32.0 Å². The average Bonchev–Trinajstić information content (AvgIpc) is 3.45. The molecule has 2 N–H and O–H groups in total. The van der Waals surface area contributed by atoms with E-state index >= 15 is 0 Å². The van der Waals surface area contributed by atoms with Crippen molar-refractivity contribution in [2.24, 2.45) is 0 Å². The van der Waals surface area contributed by atoms with Crippen LogP contribution < -0.4 is 10.6 Å². The fourth-order valence-electron chi connectivity index (χ4n) is 3.73. The predicted octanol–water partition coefficient (Wildman–Crippen LogP) is 1.62. The maximum absolute atomic E-state index is 13.8. The third-order valence-corrected chi connectivity index (χ3v) is 5.52. The number of rotatable bonds is 11. The average molecular weight is 506 g/mol. The highest BCUT2D eigenvalue weighted by Crippen LogP contribution is 2.25. The molecule has 1 fully saturated rings. The summed E-state index contributed by atoms with van der Waals surface area (Å²) in [6.45, 7) is 1.99. The van der Waals surface area contributed by atoms with Crippen LogP contribution in [0.15, 0.2) is 30.6 Å². The summed E-state index contributed by atoms with van der Waals surface area (Å²) in [5.41, 5.74) is 1.43. The minimum absolute atomic E-state index is 0.0494. The Morgan fingerprint density at radius 1 is 1.06 bits per heavy atom. The van der Waals surface area contributed by atoms with E-state index in [1.807, 2.05) is 6.92 Å². The highest BCUT2D eigenvalue weighted by molar-refractivity contribution is 5.92. The van der Waals surface area contributed by atoms with Crippen molar-refractivity contribution in [3.63, 3.8) is 0 Å². The van der Waals surface area contributed by atoms with Crippen LogP contribution >= 0.6 is 0 Å². The van der Waals surface area contributed by atoms with Crippen molar-refractivity contribution < 1.29 is 22.8 Å². The number of hydrogen-bond acceptors (Lipinski definition) is 7. The fourth-order valence-corrected chi connectivity index (χ4v) is 3.73. The maximum Gasteiger partial charge on any atom is 0.273 e. The van der Waals surface area contributed by atoms with Crippen LogP contribution in [0.3, 0.4) is 0 Å². The second kappa shape index (κ2) is 10.8. The van der Waals surface area contributed by atoms with Crippen LogP contribution in [-0.4, -0.2) is 72.3 Å². The van der Waals surface area contributed by atoms with Gasteiger partial charge in [0, 0.05) is 25.2 Å². The molecular weight excluding hydrogens is 479 g/mol. The van der Waals surface area contributed by atoms with E-state index in [4.69, 9.17) is 0 Å². The topological polar surface area (TPSA) is 123 Å². The monoisotopic (exact) mass is 505 g/mol. The third-order valence-electron chi connectivity index (χ3n) is 5.52. The van der Waals surface area contributed by atoms with E-state index < -0.39 is 30.8 Å². The molecule has 3 heterocycles. The van der Waals surface area contributed by atoms with Crippen LogP contribution in [0.25, 0.3) is 0 Å². The fraction of sp³-hybridized carbons (Fsp3) is 0.455. The van der Waals surface area contributed by atoms with E-state index in [-0.39, 0.29) is 30.4 Å². The van der Waals surface area contributed by atoms with E-state index in [1.54, 1.807) is 27.7 Å². The molecule has 0 atom stereocenters. The molecule has 0 spiro atoms. The largest absolute Gasteiger partial charge is 0.346 e. The van der Waals surface area contributed by atoms with Gasteiger partial charge in [0.25, 0.3) is 11.8 Å². The molecule has 0 aliphatic carbocycles. The molecule has 2 aromatic heterocycles. The Hall–Kier alpha value is -3.81. The molecule has 1 aromatic carbocycles. The zero-order chi connectivity index (χ0) is 25.7. The first-order valence-corrected chi connectivity index (χ1v) is 11.4. The van der Waals surface area contributed by atoms with E-state index in [9.17, 15) is 22.8 Å². The molecule has 0 radical (unpaired) electrons. The number of aryl methyl sites for hydroxylation is 3. The Bertz CT molecular complexity index is 1220. The molecule has 3 aromatic rings. The summed E-state index contributed by atoms with van der Waals surface area (Å²) >= 11 is 0. The third kappa shape index (κ3) is 6.87. The summed E-state index contributed by atoms with van der Waals surface area (Å²) in [5.74, 6) is -3.71. The van der Waals surface area contributed by atoms with Gasteiger partial charge in [-0.1, -0.05) is 28.1 Å². The number of amides is 2. The Kier molecular flexibility index (Phi) is 7.62. The number of aromatic nitrogens is 6. The first-order chi connectivity index (χ1) is 17.2. The number of alkyl halides is 2. The van der Waals surface area contributed by atoms with E-state index in [2.05, 4.69) is 31.3 Å². The van der Waals surface area contributed by atoms with Crippen LogP contribution in [0, 0.1) is 12.7 Å². The second-order valence-electron chi connectivity index (χ2n) is 8.77. The molecule has 0 unspecified atom stereocenters. The maximum atomic E-state index is 13.8. The van der Waals surface area contributed by atoms with Crippen LogP contribution in [0.4, 0.5) is 19.0 Å². The Balaban J connectivity index is 1.14. The SMILES string of the molecule is Cc1ccc(F)c(CNC(=O)c2cn(CCCCn3cc(NC(=O)CN4CC(F)(F)C4)nn3)nn2)c1. The van der Waals surface area contributed by atoms with Crippen molar-refractivity contribution in [2.75, 3.05) is 25.0 Å². The number of benzene rings is 1. The molecule has 2 amide bonds. The van der Waals surface area contributed by atoms with E-state index in [0.717, 1.165) is 5.56 Å². The number of halogens is 3. The molecule has 4 rings (SSSR count). The van der Waals surface area contributed by atoms with Gasteiger partial charge in [-0.2, -0.15) is 0 Å². The lowest BCUT2D eigenvalue weighted by molar-refractivity contribution is -0.141. The number of anilines is 1. The highest BCUT2D eigenvalue weighted by atomic mass is 19.3. The van der Waals surface area contributed by atoms with Crippen LogP contribution in [0.1, 0.15) is 34.5 Å². The molecular formula is C22H26F3N9O2. The van der Waals surface area contributed by atoms with Crippen molar-refractivity contribution in [1.82, 2.24) is 40.2 Å². The highest BCUT2D eigenvalue weighted by Gasteiger charge is 2.44. The molecule has 1 saturated heterocycles. The first-order valence-electron chi connectivity index (χ1n) is 11.4. The van der Waals surface area contributed by atoms with E-state index in [1.165, 1.54) is 17.2 Å². The lowest BCUT2D eigenvalue weighted by Gasteiger charge is -2.37. The van der Waals surface area contributed by atoms with Gasteiger partial charge in [-0.3, -0.25) is 23.9 Å². The Labute approximate surface area is 204 Å². The summed E-state index contributed by atoms with van der Waals surface area (Å²) in [4.78, 5) is 25.6. The molecule has 11 nitrogen and oxygen atoms in total. The van der Waals surface area contributed by atoms with Crippen molar-refractivity contribution in [3.8, 4) is 0 Å². The van der Waals surface area contributed by atoms with Crippen LogP contribution in [-0.2, 0) is 24.4 Å². The standard InChI is InChI=1S/C22H26F3N9O2/c1-15-4-5-17(23)16(8-15)9-26-21(36)18-10-33(30-28-18)6-2-3-7-34-11-19(29-31-34)27-20(35)12-32-13-22(24,25)14-32/h4-5,8,10-11H,2-3,6-7,9,12-14H2,1H3,(H,26,36)(H,27,35). The summed E-state index contributed by atoms with van der Waals surface area (Å²) in [6, 6.07) is 4.70. The molecule has 0 saturated carbocycles. The summed E-state index contributed by atoms with van der Waals surface area (Å²) in [7, 11) is 0. The molecule has 1 aliphatic rings. The van der Waals surface area contributed by atoms with Crippen LogP contribution in [0.2, 0.25) is 0 Å². The van der Waals surface area contributed by atoms with Gasteiger partial charge in [-0.05, 0) is 25.8 Å². The van der Waals surface area contributed by atoms with Gasteiger partial charge < -0.3 is 10.6 Å². The second-order valence-corrected chi connectivity index (χ2v) is 8.77. The zero-order valence-corrected chi connectivity index (χ0v) is 19.6. The molecule has 36 heavy (non-hydrogen) atoms. The number of nitrogens with zero attached hydrogens (tertiary/aromatic N) is 7. The Morgan fingerprint density at radius 2 is 1.75 bits per heavy atom.